The first kappa shape index (κ1) is 13.0. The first-order valence-electron chi connectivity index (χ1n) is 6.11. The van der Waals surface area contributed by atoms with Gasteiger partial charge < -0.3 is 15.4 Å². The number of nitrogens with one attached hydrogen (secondary N) is 2. The Labute approximate surface area is 111 Å². The molecule has 1 unspecified atom stereocenters. The third kappa shape index (κ3) is 4.39. The number of hydrogen-bond acceptors (Lipinski definition) is 3. The van der Waals surface area contributed by atoms with Gasteiger partial charge in [0.15, 0.2) is 0 Å². The van der Waals surface area contributed by atoms with Gasteiger partial charge in [-0.25, -0.2) is 0 Å². The molecule has 1 saturated heterocycles. The van der Waals surface area contributed by atoms with E-state index in [1.165, 1.54) is 10.0 Å². The monoisotopic (exact) mass is 298 g/mol. The van der Waals surface area contributed by atoms with E-state index in [9.17, 15) is 0 Å². The highest BCUT2D eigenvalue weighted by Crippen LogP contribution is 2.15. The van der Waals surface area contributed by atoms with E-state index in [1.807, 2.05) is 6.07 Å². The van der Waals surface area contributed by atoms with Gasteiger partial charge in [0.25, 0.3) is 0 Å². The molecule has 4 heteroatoms. The normalized spacial score (nSPS) is 20.4. The maximum absolute atomic E-state index is 5.41. The van der Waals surface area contributed by atoms with Crippen LogP contribution in [0.1, 0.15) is 5.56 Å². The Bertz CT molecular complexity index is 340. The average Bonchev–Trinajstić information content (AvgIpc) is 2.38. The largest absolute Gasteiger partial charge is 0.378 e. The minimum absolute atomic E-state index is 0.461. The maximum atomic E-state index is 5.41. The van der Waals surface area contributed by atoms with Gasteiger partial charge in [0.2, 0.25) is 0 Å². The molecular formula is C13H19BrN2O. The van der Waals surface area contributed by atoms with Gasteiger partial charge in [-0.05, 0) is 24.6 Å². The van der Waals surface area contributed by atoms with Crippen LogP contribution in [0.2, 0.25) is 0 Å². The van der Waals surface area contributed by atoms with Crippen molar-refractivity contribution in [2.75, 3.05) is 32.8 Å². The van der Waals surface area contributed by atoms with E-state index in [0.29, 0.717) is 6.04 Å². The summed E-state index contributed by atoms with van der Waals surface area (Å²) in [5.41, 5.74) is 1.35. The maximum Gasteiger partial charge on any atom is 0.0632 e. The molecular weight excluding hydrogens is 280 g/mol. The predicted octanol–water partition coefficient (Wildman–Crippen LogP) is 1.57. The Morgan fingerprint density at radius 2 is 2.29 bits per heavy atom. The Morgan fingerprint density at radius 3 is 3.06 bits per heavy atom. The summed E-state index contributed by atoms with van der Waals surface area (Å²) in [5.74, 6) is 0. The van der Waals surface area contributed by atoms with Crippen LogP contribution in [0.5, 0.6) is 0 Å². The highest BCUT2D eigenvalue weighted by molar-refractivity contribution is 9.10. The van der Waals surface area contributed by atoms with E-state index in [1.54, 1.807) is 0 Å². The lowest BCUT2D eigenvalue weighted by Gasteiger charge is -2.24. The summed E-state index contributed by atoms with van der Waals surface area (Å²) in [7, 11) is 0. The smallest absolute Gasteiger partial charge is 0.0632 e. The number of hydrogen-bond donors (Lipinski definition) is 2. The molecule has 0 radical (unpaired) electrons. The SMILES string of the molecule is Brc1ccccc1CCNCC1COCCN1. The standard InChI is InChI=1S/C13H19BrN2O/c14-13-4-2-1-3-11(13)5-6-15-9-12-10-17-8-7-16-12/h1-4,12,15-16H,5-10H2. The zero-order valence-electron chi connectivity index (χ0n) is 9.92. The van der Waals surface area contributed by atoms with E-state index in [0.717, 1.165) is 39.3 Å². The van der Waals surface area contributed by atoms with Crippen LogP contribution in [0, 0.1) is 0 Å². The van der Waals surface area contributed by atoms with Gasteiger partial charge in [-0.2, -0.15) is 0 Å². The molecule has 0 saturated carbocycles. The van der Waals surface area contributed by atoms with Gasteiger partial charge in [-0.3, -0.25) is 0 Å². The van der Waals surface area contributed by atoms with E-state index in [2.05, 4.69) is 44.8 Å². The second-order valence-electron chi connectivity index (χ2n) is 4.27. The van der Waals surface area contributed by atoms with Crippen LogP contribution in [-0.2, 0) is 11.2 Å². The summed E-state index contributed by atoms with van der Waals surface area (Å²) in [5, 5.41) is 6.90. The third-order valence-electron chi connectivity index (χ3n) is 2.92. The Kier molecular flexibility index (Phi) is 5.45. The van der Waals surface area contributed by atoms with Crippen molar-refractivity contribution in [1.82, 2.24) is 10.6 Å². The summed E-state index contributed by atoms with van der Waals surface area (Å²) in [6.45, 7) is 4.61. The lowest BCUT2D eigenvalue weighted by Crippen LogP contribution is -2.47. The minimum Gasteiger partial charge on any atom is -0.378 e. The molecule has 1 aromatic rings. The molecule has 0 bridgehead atoms. The van der Waals surface area contributed by atoms with E-state index >= 15 is 0 Å². The molecule has 1 fully saturated rings. The van der Waals surface area contributed by atoms with Crippen LogP contribution in [0.3, 0.4) is 0 Å². The lowest BCUT2D eigenvalue weighted by molar-refractivity contribution is 0.0768. The number of rotatable bonds is 5. The van der Waals surface area contributed by atoms with Crippen molar-refractivity contribution in [2.45, 2.75) is 12.5 Å². The summed E-state index contributed by atoms with van der Waals surface area (Å²) >= 11 is 3.56. The van der Waals surface area contributed by atoms with Crippen LogP contribution in [0.25, 0.3) is 0 Å². The number of halogens is 1. The third-order valence-corrected chi connectivity index (χ3v) is 3.69. The Morgan fingerprint density at radius 1 is 1.41 bits per heavy atom. The quantitative estimate of drug-likeness (QED) is 0.810. The number of ether oxygens (including phenoxy) is 1. The molecule has 3 nitrogen and oxygen atoms in total. The Hall–Kier alpha value is -0.420. The van der Waals surface area contributed by atoms with Gasteiger partial charge in [-0.1, -0.05) is 34.1 Å². The molecule has 17 heavy (non-hydrogen) atoms. The minimum atomic E-state index is 0.461. The molecule has 1 aromatic carbocycles. The lowest BCUT2D eigenvalue weighted by atomic mass is 10.1. The van der Waals surface area contributed by atoms with Gasteiger partial charge in [0.05, 0.1) is 13.2 Å². The van der Waals surface area contributed by atoms with Crippen LogP contribution in [0.15, 0.2) is 28.7 Å². The molecule has 0 aromatic heterocycles. The summed E-state index contributed by atoms with van der Waals surface area (Å²) in [6.07, 6.45) is 1.05. The van der Waals surface area contributed by atoms with E-state index in [4.69, 9.17) is 4.74 Å². The van der Waals surface area contributed by atoms with Crippen LogP contribution >= 0.6 is 15.9 Å². The van der Waals surface area contributed by atoms with Crippen LogP contribution in [-0.4, -0.2) is 38.9 Å². The highest BCUT2D eigenvalue weighted by Gasteiger charge is 2.11. The van der Waals surface area contributed by atoms with Crippen molar-refractivity contribution in [1.29, 1.82) is 0 Å². The molecule has 94 valence electrons. The van der Waals surface area contributed by atoms with Gasteiger partial charge in [0, 0.05) is 23.6 Å². The van der Waals surface area contributed by atoms with E-state index < -0.39 is 0 Å². The zero-order valence-corrected chi connectivity index (χ0v) is 11.5. The summed E-state index contributed by atoms with van der Waals surface area (Å²) in [4.78, 5) is 0. The average molecular weight is 299 g/mol. The first-order valence-corrected chi connectivity index (χ1v) is 6.91. The molecule has 1 aliphatic rings. The molecule has 1 aliphatic heterocycles. The predicted molar refractivity (Wildman–Crippen MR) is 73.3 cm³/mol. The van der Waals surface area contributed by atoms with Gasteiger partial charge >= 0.3 is 0 Å². The summed E-state index contributed by atoms with van der Waals surface area (Å²) < 4.78 is 6.60. The first-order chi connectivity index (χ1) is 8.36. The second kappa shape index (κ2) is 7.11. The molecule has 1 atom stereocenters. The molecule has 0 spiro atoms. The van der Waals surface area contributed by atoms with E-state index in [-0.39, 0.29) is 0 Å². The van der Waals surface area contributed by atoms with Gasteiger partial charge in [-0.15, -0.1) is 0 Å². The summed E-state index contributed by atoms with van der Waals surface area (Å²) in [6, 6.07) is 8.84. The van der Waals surface area contributed by atoms with Crippen molar-refractivity contribution in [3.8, 4) is 0 Å². The second-order valence-corrected chi connectivity index (χ2v) is 5.13. The fraction of sp³-hybridized carbons (Fsp3) is 0.538. The highest BCUT2D eigenvalue weighted by atomic mass is 79.9. The topological polar surface area (TPSA) is 33.3 Å². The zero-order chi connectivity index (χ0) is 11.9. The Balaban J connectivity index is 1.64. The number of morpholine rings is 1. The molecule has 2 N–H and O–H groups in total. The van der Waals surface area contributed by atoms with Crippen molar-refractivity contribution >= 4 is 15.9 Å². The molecule has 1 heterocycles. The van der Waals surface area contributed by atoms with Crippen molar-refractivity contribution in [3.05, 3.63) is 34.3 Å². The van der Waals surface area contributed by atoms with Crippen molar-refractivity contribution < 1.29 is 4.74 Å². The molecule has 2 rings (SSSR count). The number of benzene rings is 1. The molecule has 0 aliphatic carbocycles. The molecule has 0 amide bonds. The van der Waals surface area contributed by atoms with Crippen LogP contribution in [0.4, 0.5) is 0 Å². The van der Waals surface area contributed by atoms with Gasteiger partial charge in [0.1, 0.15) is 0 Å². The van der Waals surface area contributed by atoms with Crippen molar-refractivity contribution in [3.63, 3.8) is 0 Å². The fourth-order valence-corrected chi connectivity index (χ4v) is 2.43. The van der Waals surface area contributed by atoms with Crippen molar-refractivity contribution in [2.24, 2.45) is 0 Å². The van der Waals surface area contributed by atoms with Crippen LogP contribution < -0.4 is 10.6 Å². The fourth-order valence-electron chi connectivity index (χ4n) is 1.95.